The highest BCUT2D eigenvalue weighted by Crippen LogP contribution is 2.20. The zero-order valence-corrected chi connectivity index (χ0v) is 19.8. The molecule has 0 unspecified atom stereocenters. The molecule has 0 spiro atoms. The van der Waals surface area contributed by atoms with Crippen LogP contribution in [-0.4, -0.2) is 42.3 Å². The molecule has 0 aliphatic carbocycles. The summed E-state index contributed by atoms with van der Waals surface area (Å²) in [4.78, 5) is 39.6. The average Bonchev–Trinajstić information content (AvgIpc) is 2.88. The van der Waals surface area contributed by atoms with Crippen LogP contribution in [0, 0.1) is 5.92 Å². The van der Waals surface area contributed by atoms with Crippen LogP contribution in [0.4, 0.5) is 17.1 Å². The van der Waals surface area contributed by atoms with Crippen molar-refractivity contribution in [2.75, 3.05) is 35.6 Å². The van der Waals surface area contributed by atoms with Gasteiger partial charge in [-0.3, -0.25) is 14.4 Å². The second-order valence-corrected chi connectivity index (χ2v) is 8.86. The first-order chi connectivity index (χ1) is 17.0. The minimum absolute atomic E-state index is 0.000453. The van der Waals surface area contributed by atoms with Crippen molar-refractivity contribution < 1.29 is 14.4 Å². The molecule has 0 aromatic heterocycles. The summed E-state index contributed by atoms with van der Waals surface area (Å²) in [6, 6.07) is 23.2. The third kappa shape index (κ3) is 6.69. The van der Waals surface area contributed by atoms with Gasteiger partial charge < -0.3 is 20.9 Å². The molecule has 7 nitrogen and oxygen atoms in total. The van der Waals surface area contributed by atoms with Crippen molar-refractivity contribution in [3.8, 4) is 0 Å². The molecule has 3 amide bonds. The molecule has 7 heteroatoms. The fourth-order valence-corrected chi connectivity index (χ4v) is 4.01. The number of anilines is 3. The predicted molar refractivity (Wildman–Crippen MR) is 139 cm³/mol. The molecule has 1 aliphatic heterocycles. The molecule has 3 N–H and O–H groups in total. The molecule has 3 aromatic rings. The molecule has 1 fully saturated rings. The number of hydrogen-bond acceptors (Lipinski definition) is 4. The zero-order valence-electron chi connectivity index (χ0n) is 19.8. The van der Waals surface area contributed by atoms with E-state index in [1.54, 1.807) is 54.6 Å². The van der Waals surface area contributed by atoms with E-state index in [2.05, 4.69) is 22.9 Å². The lowest BCUT2D eigenvalue weighted by Gasteiger charge is -2.30. The number of likely N-dealkylation sites (tertiary alicyclic amines) is 1. The van der Waals surface area contributed by atoms with Gasteiger partial charge in [-0.25, -0.2) is 0 Å². The Kier molecular flexibility index (Phi) is 7.77. The molecule has 0 radical (unpaired) electrons. The third-order valence-corrected chi connectivity index (χ3v) is 6.07. The SMILES string of the molecule is CC1CCN(C(=O)c2cccc(NC(=O)CNc3cccc(NC(=O)c4ccccc4)c3)c2)CC1. The maximum absolute atomic E-state index is 12.8. The molecule has 0 bridgehead atoms. The van der Waals surface area contributed by atoms with Gasteiger partial charge in [0.05, 0.1) is 6.54 Å². The van der Waals surface area contributed by atoms with Crippen molar-refractivity contribution in [1.82, 2.24) is 4.90 Å². The molecule has 35 heavy (non-hydrogen) atoms. The Labute approximate surface area is 205 Å². The lowest BCUT2D eigenvalue weighted by molar-refractivity contribution is -0.114. The van der Waals surface area contributed by atoms with Crippen LogP contribution in [0.25, 0.3) is 0 Å². The highest BCUT2D eigenvalue weighted by Gasteiger charge is 2.21. The molecular formula is C28H30N4O3. The van der Waals surface area contributed by atoms with Crippen LogP contribution in [0.3, 0.4) is 0 Å². The minimum atomic E-state index is -0.236. The van der Waals surface area contributed by atoms with Gasteiger partial charge in [-0.2, -0.15) is 0 Å². The van der Waals surface area contributed by atoms with E-state index in [1.807, 2.05) is 29.2 Å². The molecule has 1 heterocycles. The summed E-state index contributed by atoms with van der Waals surface area (Å²) in [7, 11) is 0. The zero-order chi connectivity index (χ0) is 24.6. The topological polar surface area (TPSA) is 90.5 Å². The van der Waals surface area contributed by atoms with Gasteiger partial charge in [0, 0.05) is 41.3 Å². The quantitative estimate of drug-likeness (QED) is 0.460. The van der Waals surface area contributed by atoms with Gasteiger partial charge >= 0.3 is 0 Å². The fraction of sp³-hybridized carbons (Fsp3) is 0.250. The Bertz CT molecular complexity index is 1190. The minimum Gasteiger partial charge on any atom is -0.376 e. The molecule has 1 saturated heterocycles. The summed E-state index contributed by atoms with van der Waals surface area (Å²) < 4.78 is 0. The Morgan fingerprint density at radius 3 is 2.14 bits per heavy atom. The van der Waals surface area contributed by atoms with Crippen molar-refractivity contribution in [2.24, 2.45) is 5.92 Å². The Morgan fingerprint density at radius 1 is 0.771 bits per heavy atom. The van der Waals surface area contributed by atoms with Gasteiger partial charge in [0.25, 0.3) is 11.8 Å². The lowest BCUT2D eigenvalue weighted by atomic mass is 9.98. The van der Waals surface area contributed by atoms with Gasteiger partial charge in [0.2, 0.25) is 5.91 Å². The summed E-state index contributed by atoms with van der Waals surface area (Å²) in [5.41, 5.74) is 3.06. The maximum Gasteiger partial charge on any atom is 0.255 e. The van der Waals surface area contributed by atoms with Gasteiger partial charge in [-0.15, -0.1) is 0 Å². The van der Waals surface area contributed by atoms with E-state index >= 15 is 0 Å². The number of nitrogens with one attached hydrogen (secondary N) is 3. The van der Waals surface area contributed by atoms with Crippen LogP contribution < -0.4 is 16.0 Å². The van der Waals surface area contributed by atoms with E-state index in [0.29, 0.717) is 34.1 Å². The Hall–Kier alpha value is -4.13. The summed E-state index contributed by atoms with van der Waals surface area (Å²) in [6.45, 7) is 3.79. The molecule has 3 aromatic carbocycles. The standard InChI is InChI=1S/C28H30N4O3/c1-20-13-15-32(16-14-20)28(35)22-9-5-11-24(17-22)30-26(33)19-29-23-10-6-12-25(18-23)31-27(34)21-7-3-2-4-8-21/h2-12,17-18,20,29H,13-16,19H2,1H3,(H,30,33)(H,31,34). The molecule has 0 atom stereocenters. The number of hydrogen-bond donors (Lipinski definition) is 3. The van der Waals surface area contributed by atoms with Gasteiger partial charge in [0.1, 0.15) is 0 Å². The van der Waals surface area contributed by atoms with Crippen molar-refractivity contribution in [3.63, 3.8) is 0 Å². The van der Waals surface area contributed by atoms with Gasteiger partial charge in [-0.1, -0.05) is 37.3 Å². The summed E-state index contributed by atoms with van der Waals surface area (Å²) >= 11 is 0. The highest BCUT2D eigenvalue weighted by atomic mass is 16.2. The van der Waals surface area contributed by atoms with E-state index in [-0.39, 0.29) is 24.3 Å². The van der Waals surface area contributed by atoms with Crippen LogP contribution in [0.15, 0.2) is 78.9 Å². The second kappa shape index (κ2) is 11.3. The molecule has 1 aliphatic rings. The summed E-state index contributed by atoms with van der Waals surface area (Å²) in [5.74, 6) is 0.215. The fourth-order valence-electron chi connectivity index (χ4n) is 4.01. The lowest BCUT2D eigenvalue weighted by Crippen LogP contribution is -2.37. The van der Waals surface area contributed by atoms with Crippen LogP contribution in [0.2, 0.25) is 0 Å². The Balaban J connectivity index is 1.30. The highest BCUT2D eigenvalue weighted by molar-refractivity contribution is 6.04. The van der Waals surface area contributed by atoms with E-state index in [4.69, 9.17) is 0 Å². The van der Waals surface area contributed by atoms with E-state index in [9.17, 15) is 14.4 Å². The van der Waals surface area contributed by atoms with Crippen molar-refractivity contribution in [1.29, 1.82) is 0 Å². The van der Waals surface area contributed by atoms with E-state index in [0.717, 1.165) is 25.9 Å². The molecule has 180 valence electrons. The summed E-state index contributed by atoms with van der Waals surface area (Å²) in [6.07, 6.45) is 2.04. The Morgan fingerprint density at radius 2 is 1.40 bits per heavy atom. The van der Waals surface area contributed by atoms with Gasteiger partial charge in [-0.05, 0) is 67.3 Å². The van der Waals surface area contributed by atoms with Crippen LogP contribution in [-0.2, 0) is 4.79 Å². The largest absolute Gasteiger partial charge is 0.376 e. The van der Waals surface area contributed by atoms with Crippen LogP contribution >= 0.6 is 0 Å². The monoisotopic (exact) mass is 470 g/mol. The van der Waals surface area contributed by atoms with Crippen molar-refractivity contribution in [2.45, 2.75) is 19.8 Å². The molecular weight excluding hydrogens is 440 g/mol. The third-order valence-electron chi connectivity index (χ3n) is 6.07. The number of nitrogens with zero attached hydrogens (tertiary/aromatic N) is 1. The first-order valence-corrected chi connectivity index (χ1v) is 11.9. The normalized spacial score (nSPS) is 13.7. The number of piperidine rings is 1. The van der Waals surface area contributed by atoms with Crippen molar-refractivity contribution >= 4 is 34.8 Å². The first kappa shape index (κ1) is 24.0. The predicted octanol–water partition coefficient (Wildman–Crippen LogP) is 4.86. The number of benzene rings is 3. The van der Waals surface area contributed by atoms with E-state index in [1.165, 1.54) is 0 Å². The maximum atomic E-state index is 12.8. The second-order valence-electron chi connectivity index (χ2n) is 8.86. The van der Waals surface area contributed by atoms with Crippen molar-refractivity contribution in [3.05, 3.63) is 90.0 Å². The summed E-state index contributed by atoms with van der Waals surface area (Å²) in [5, 5.41) is 8.77. The first-order valence-electron chi connectivity index (χ1n) is 11.9. The van der Waals surface area contributed by atoms with E-state index < -0.39 is 0 Å². The number of carbonyl (C=O) groups is 3. The average molecular weight is 471 g/mol. The smallest absolute Gasteiger partial charge is 0.255 e. The number of carbonyl (C=O) groups excluding carboxylic acids is 3. The van der Waals surface area contributed by atoms with Crippen LogP contribution in [0.5, 0.6) is 0 Å². The molecule has 0 saturated carbocycles. The number of rotatable bonds is 7. The molecule has 4 rings (SSSR count). The van der Waals surface area contributed by atoms with Crippen LogP contribution in [0.1, 0.15) is 40.5 Å². The van der Waals surface area contributed by atoms with Gasteiger partial charge in [0.15, 0.2) is 0 Å². The number of amides is 3.